The first kappa shape index (κ1) is 14.7. The first-order valence-corrected chi connectivity index (χ1v) is 7.72. The Labute approximate surface area is 135 Å². The van der Waals surface area contributed by atoms with Crippen LogP contribution in [-0.4, -0.2) is 9.78 Å². The van der Waals surface area contributed by atoms with Gasteiger partial charge in [-0.25, -0.2) is 4.68 Å². The lowest BCUT2D eigenvalue weighted by atomic mass is 10.1. The molecule has 2 aromatic carbocycles. The van der Waals surface area contributed by atoms with Crippen LogP contribution >= 0.6 is 11.6 Å². The normalized spacial score (nSPS) is 10.8. The van der Waals surface area contributed by atoms with Gasteiger partial charge in [-0.1, -0.05) is 67.1 Å². The summed E-state index contributed by atoms with van der Waals surface area (Å²) in [5.74, 6) is 0.710. The summed E-state index contributed by atoms with van der Waals surface area (Å²) in [4.78, 5) is 0. The molecule has 2 N–H and O–H groups in total. The molecule has 0 amide bonds. The van der Waals surface area contributed by atoms with Crippen molar-refractivity contribution in [3.63, 3.8) is 0 Å². The van der Waals surface area contributed by atoms with E-state index in [0.717, 1.165) is 23.2 Å². The quantitative estimate of drug-likeness (QED) is 0.776. The molecule has 0 saturated heterocycles. The van der Waals surface area contributed by atoms with Crippen molar-refractivity contribution in [1.82, 2.24) is 9.78 Å². The van der Waals surface area contributed by atoms with Crippen LogP contribution in [0.2, 0.25) is 5.02 Å². The van der Waals surface area contributed by atoms with Gasteiger partial charge in [0.15, 0.2) is 0 Å². The van der Waals surface area contributed by atoms with Crippen molar-refractivity contribution in [3.05, 3.63) is 70.7 Å². The van der Waals surface area contributed by atoms with Gasteiger partial charge in [0.05, 0.1) is 17.3 Å². The van der Waals surface area contributed by atoms with E-state index in [4.69, 9.17) is 22.4 Å². The summed E-state index contributed by atoms with van der Waals surface area (Å²) >= 11 is 6.32. The van der Waals surface area contributed by atoms with Crippen molar-refractivity contribution >= 4 is 17.4 Å². The van der Waals surface area contributed by atoms with Crippen LogP contribution < -0.4 is 5.73 Å². The highest BCUT2D eigenvalue weighted by Crippen LogP contribution is 2.32. The largest absolute Gasteiger partial charge is 0.384 e. The molecular formula is C18H18ClN3. The fraction of sp³-hybridized carbons (Fsp3) is 0.167. The number of benzene rings is 2. The molecule has 4 heteroatoms. The zero-order valence-corrected chi connectivity index (χ0v) is 13.2. The number of nitrogens with zero attached hydrogens (tertiary/aromatic N) is 2. The molecule has 0 radical (unpaired) electrons. The van der Waals surface area contributed by atoms with Crippen LogP contribution in [-0.2, 0) is 13.0 Å². The third-order valence-electron chi connectivity index (χ3n) is 3.75. The Balaban J connectivity index is 2.06. The highest BCUT2D eigenvalue weighted by molar-refractivity contribution is 6.33. The Morgan fingerprint density at radius 2 is 1.73 bits per heavy atom. The molecule has 0 bridgehead atoms. The maximum atomic E-state index is 6.32. The molecule has 112 valence electrons. The van der Waals surface area contributed by atoms with E-state index in [-0.39, 0.29) is 0 Å². The van der Waals surface area contributed by atoms with Gasteiger partial charge in [0, 0.05) is 11.1 Å². The SMILES string of the molecule is CCc1c(-c2ccccc2Cl)nn(Cc2ccccc2)c1N. The predicted molar refractivity (Wildman–Crippen MR) is 92.0 cm³/mol. The van der Waals surface area contributed by atoms with Crippen molar-refractivity contribution in [2.45, 2.75) is 19.9 Å². The lowest BCUT2D eigenvalue weighted by molar-refractivity contribution is 0.699. The summed E-state index contributed by atoms with van der Waals surface area (Å²) in [6, 6.07) is 17.9. The van der Waals surface area contributed by atoms with Gasteiger partial charge in [-0.15, -0.1) is 0 Å². The van der Waals surface area contributed by atoms with Crippen LogP contribution in [0.15, 0.2) is 54.6 Å². The summed E-state index contributed by atoms with van der Waals surface area (Å²) in [6.45, 7) is 2.74. The number of hydrogen-bond acceptors (Lipinski definition) is 2. The van der Waals surface area contributed by atoms with Crippen LogP contribution in [0.4, 0.5) is 5.82 Å². The van der Waals surface area contributed by atoms with Crippen LogP contribution in [0.3, 0.4) is 0 Å². The molecule has 3 aromatic rings. The standard InChI is InChI=1S/C18H18ClN3/c1-2-14-17(15-10-6-7-11-16(15)19)21-22(18(14)20)12-13-8-4-3-5-9-13/h3-11H,2,12,20H2,1H3. The van der Waals surface area contributed by atoms with Gasteiger partial charge in [0.2, 0.25) is 0 Å². The van der Waals surface area contributed by atoms with E-state index in [0.29, 0.717) is 17.4 Å². The van der Waals surface area contributed by atoms with E-state index < -0.39 is 0 Å². The van der Waals surface area contributed by atoms with Gasteiger partial charge in [-0.3, -0.25) is 0 Å². The second-order valence-corrected chi connectivity index (χ2v) is 5.60. The molecule has 0 aliphatic rings. The van der Waals surface area contributed by atoms with Gasteiger partial charge in [0.25, 0.3) is 0 Å². The summed E-state index contributed by atoms with van der Waals surface area (Å²) in [6.07, 6.45) is 0.821. The molecule has 0 spiro atoms. The number of hydrogen-bond donors (Lipinski definition) is 1. The molecule has 3 nitrogen and oxygen atoms in total. The van der Waals surface area contributed by atoms with Gasteiger partial charge in [0.1, 0.15) is 5.82 Å². The summed E-state index contributed by atoms with van der Waals surface area (Å²) in [5.41, 5.74) is 10.3. The molecule has 0 aliphatic carbocycles. The fourth-order valence-corrected chi connectivity index (χ4v) is 2.83. The maximum Gasteiger partial charge on any atom is 0.125 e. The molecule has 3 rings (SSSR count). The molecule has 1 aromatic heterocycles. The van der Waals surface area contributed by atoms with Crippen LogP contribution in [0.1, 0.15) is 18.1 Å². The van der Waals surface area contributed by atoms with Crippen molar-refractivity contribution in [3.8, 4) is 11.3 Å². The first-order valence-electron chi connectivity index (χ1n) is 7.34. The fourth-order valence-electron chi connectivity index (χ4n) is 2.61. The van der Waals surface area contributed by atoms with Crippen molar-refractivity contribution in [1.29, 1.82) is 0 Å². The number of nitrogen functional groups attached to an aromatic ring is 1. The minimum atomic E-state index is 0.657. The molecule has 0 saturated carbocycles. The van der Waals surface area contributed by atoms with Gasteiger partial charge in [-0.05, 0) is 18.1 Å². The number of rotatable bonds is 4. The Morgan fingerprint density at radius 1 is 1.05 bits per heavy atom. The number of anilines is 1. The summed E-state index contributed by atoms with van der Waals surface area (Å²) in [5, 5.41) is 5.41. The monoisotopic (exact) mass is 311 g/mol. The van der Waals surface area contributed by atoms with E-state index in [1.54, 1.807) is 0 Å². The lowest BCUT2D eigenvalue weighted by Gasteiger charge is -2.04. The van der Waals surface area contributed by atoms with E-state index in [9.17, 15) is 0 Å². The molecular weight excluding hydrogens is 294 g/mol. The minimum Gasteiger partial charge on any atom is -0.384 e. The Morgan fingerprint density at radius 3 is 2.41 bits per heavy atom. The van der Waals surface area contributed by atoms with E-state index in [2.05, 4.69) is 19.1 Å². The minimum absolute atomic E-state index is 0.657. The second kappa shape index (κ2) is 6.24. The van der Waals surface area contributed by atoms with E-state index >= 15 is 0 Å². The van der Waals surface area contributed by atoms with Gasteiger partial charge in [-0.2, -0.15) is 5.10 Å². The predicted octanol–water partition coefficient (Wildman–Crippen LogP) is 4.40. The first-order chi connectivity index (χ1) is 10.7. The molecule has 22 heavy (non-hydrogen) atoms. The highest BCUT2D eigenvalue weighted by Gasteiger charge is 2.17. The Bertz CT molecular complexity index is 778. The maximum absolute atomic E-state index is 6.32. The number of aromatic nitrogens is 2. The van der Waals surface area contributed by atoms with Crippen molar-refractivity contribution in [2.75, 3.05) is 5.73 Å². The number of nitrogens with two attached hydrogens (primary N) is 1. The average Bonchev–Trinajstić information content (AvgIpc) is 2.85. The molecule has 0 unspecified atom stereocenters. The Kier molecular flexibility index (Phi) is 4.16. The van der Waals surface area contributed by atoms with Crippen LogP contribution in [0, 0.1) is 0 Å². The van der Waals surface area contributed by atoms with Gasteiger partial charge < -0.3 is 5.73 Å². The smallest absolute Gasteiger partial charge is 0.125 e. The zero-order chi connectivity index (χ0) is 15.5. The molecule has 1 heterocycles. The van der Waals surface area contributed by atoms with Crippen molar-refractivity contribution < 1.29 is 0 Å². The highest BCUT2D eigenvalue weighted by atomic mass is 35.5. The third-order valence-corrected chi connectivity index (χ3v) is 4.08. The lowest BCUT2D eigenvalue weighted by Crippen LogP contribution is -2.06. The van der Waals surface area contributed by atoms with E-state index in [1.165, 1.54) is 5.56 Å². The summed E-state index contributed by atoms with van der Waals surface area (Å²) in [7, 11) is 0. The van der Waals surface area contributed by atoms with Crippen molar-refractivity contribution in [2.24, 2.45) is 0 Å². The average molecular weight is 312 g/mol. The Hall–Kier alpha value is -2.26. The topological polar surface area (TPSA) is 43.8 Å². The molecule has 0 fully saturated rings. The zero-order valence-electron chi connectivity index (χ0n) is 12.5. The van der Waals surface area contributed by atoms with E-state index in [1.807, 2.05) is 47.1 Å². The molecule has 0 atom stereocenters. The summed E-state index contributed by atoms with van der Waals surface area (Å²) < 4.78 is 1.85. The van der Waals surface area contributed by atoms with Gasteiger partial charge >= 0.3 is 0 Å². The third kappa shape index (κ3) is 2.72. The molecule has 0 aliphatic heterocycles. The van der Waals surface area contributed by atoms with Crippen LogP contribution in [0.5, 0.6) is 0 Å². The van der Waals surface area contributed by atoms with Crippen LogP contribution in [0.25, 0.3) is 11.3 Å². The second-order valence-electron chi connectivity index (χ2n) is 5.19. The number of halogens is 1.